The number of benzene rings is 1. The summed E-state index contributed by atoms with van der Waals surface area (Å²) < 4.78 is 0. The molecule has 0 bridgehead atoms. The second kappa shape index (κ2) is 5.63. The van der Waals surface area contributed by atoms with Crippen molar-refractivity contribution in [1.82, 2.24) is 10.4 Å². The standard InChI is InChI=1S/C13H11N3O3/c17-11-2-1-10(12(18)7-11)8-15-16-13(19)9-3-5-14-6-4-9/h1-8,17-18H,(H,16,19)/b15-8-. The van der Waals surface area contributed by atoms with E-state index in [1.165, 1.54) is 36.8 Å². The van der Waals surface area contributed by atoms with Gasteiger partial charge in [0.1, 0.15) is 11.5 Å². The summed E-state index contributed by atoms with van der Waals surface area (Å²) in [5, 5.41) is 22.3. The summed E-state index contributed by atoms with van der Waals surface area (Å²) in [6.07, 6.45) is 4.29. The van der Waals surface area contributed by atoms with Gasteiger partial charge in [-0.3, -0.25) is 9.78 Å². The van der Waals surface area contributed by atoms with E-state index in [0.29, 0.717) is 11.1 Å². The Bertz CT molecular complexity index is 612. The average molecular weight is 257 g/mol. The Morgan fingerprint density at radius 3 is 2.63 bits per heavy atom. The van der Waals surface area contributed by atoms with Crippen LogP contribution in [-0.2, 0) is 0 Å². The number of hydrogen-bond donors (Lipinski definition) is 3. The highest BCUT2D eigenvalue weighted by molar-refractivity contribution is 5.94. The molecule has 0 atom stereocenters. The molecule has 1 aromatic carbocycles. The number of pyridine rings is 1. The zero-order chi connectivity index (χ0) is 13.7. The van der Waals surface area contributed by atoms with E-state index in [0.717, 1.165) is 0 Å². The molecule has 6 nitrogen and oxygen atoms in total. The third-order valence-corrected chi connectivity index (χ3v) is 2.33. The zero-order valence-corrected chi connectivity index (χ0v) is 9.82. The summed E-state index contributed by atoms with van der Waals surface area (Å²) in [4.78, 5) is 15.4. The van der Waals surface area contributed by atoms with Gasteiger partial charge in [0.15, 0.2) is 0 Å². The van der Waals surface area contributed by atoms with Gasteiger partial charge in [0.2, 0.25) is 0 Å². The Morgan fingerprint density at radius 2 is 1.95 bits per heavy atom. The minimum Gasteiger partial charge on any atom is -0.508 e. The normalized spacial score (nSPS) is 10.5. The van der Waals surface area contributed by atoms with Crippen molar-refractivity contribution in [2.75, 3.05) is 0 Å². The number of phenols is 2. The minimum atomic E-state index is -0.378. The molecule has 1 heterocycles. The molecule has 2 rings (SSSR count). The molecule has 0 fully saturated rings. The molecule has 1 aromatic heterocycles. The van der Waals surface area contributed by atoms with Gasteiger partial charge in [0.05, 0.1) is 6.21 Å². The molecule has 0 aliphatic carbocycles. The Hall–Kier alpha value is -2.89. The lowest BCUT2D eigenvalue weighted by Crippen LogP contribution is -2.17. The van der Waals surface area contributed by atoms with Gasteiger partial charge in [0.25, 0.3) is 5.91 Å². The van der Waals surface area contributed by atoms with Gasteiger partial charge in [-0.15, -0.1) is 0 Å². The Labute approximate surface area is 109 Å². The highest BCUT2D eigenvalue weighted by atomic mass is 16.3. The molecule has 0 saturated heterocycles. The van der Waals surface area contributed by atoms with Gasteiger partial charge in [-0.05, 0) is 24.3 Å². The van der Waals surface area contributed by atoms with Crippen molar-refractivity contribution in [3.63, 3.8) is 0 Å². The van der Waals surface area contributed by atoms with Crippen LogP contribution in [0.5, 0.6) is 11.5 Å². The average Bonchev–Trinajstić information content (AvgIpc) is 2.42. The highest BCUT2D eigenvalue weighted by Gasteiger charge is 2.03. The first-order chi connectivity index (χ1) is 9.16. The number of carbonyl (C=O) groups is 1. The van der Waals surface area contributed by atoms with E-state index in [2.05, 4.69) is 15.5 Å². The molecule has 1 amide bonds. The van der Waals surface area contributed by atoms with Crippen molar-refractivity contribution in [2.24, 2.45) is 5.10 Å². The fourth-order valence-electron chi connectivity index (χ4n) is 1.37. The number of rotatable bonds is 3. The van der Waals surface area contributed by atoms with E-state index < -0.39 is 0 Å². The predicted molar refractivity (Wildman–Crippen MR) is 69.1 cm³/mol. The van der Waals surface area contributed by atoms with E-state index in [1.807, 2.05) is 0 Å². The molecule has 0 unspecified atom stereocenters. The van der Waals surface area contributed by atoms with Crippen LogP contribution in [0.25, 0.3) is 0 Å². The smallest absolute Gasteiger partial charge is 0.271 e. The van der Waals surface area contributed by atoms with Gasteiger partial charge >= 0.3 is 0 Å². The Morgan fingerprint density at radius 1 is 1.21 bits per heavy atom. The highest BCUT2D eigenvalue weighted by Crippen LogP contribution is 2.20. The van der Waals surface area contributed by atoms with Gasteiger partial charge in [-0.25, -0.2) is 5.43 Å². The molecule has 2 aromatic rings. The summed E-state index contributed by atoms with van der Waals surface area (Å²) in [5.41, 5.74) is 3.13. The van der Waals surface area contributed by atoms with Crippen LogP contribution in [0.4, 0.5) is 0 Å². The van der Waals surface area contributed by atoms with Crippen molar-refractivity contribution < 1.29 is 15.0 Å². The van der Waals surface area contributed by atoms with Crippen LogP contribution >= 0.6 is 0 Å². The van der Waals surface area contributed by atoms with Gasteiger partial charge in [-0.2, -0.15) is 5.10 Å². The van der Waals surface area contributed by atoms with Crippen molar-refractivity contribution in [2.45, 2.75) is 0 Å². The summed E-state index contributed by atoms with van der Waals surface area (Å²) >= 11 is 0. The van der Waals surface area contributed by atoms with E-state index in [4.69, 9.17) is 5.11 Å². The molecule has 0 radical (unpaired) electrons. The number of aromatic hydroxyl groups is 2. The lowest BCUT2D eigenvalue weighted by Gasteiger charge is -2.00. The first-order valence-electron chi connectivity index (χ1n) is 5.42. The number of hydrogen-bond acceptors (Lipinski definition) is 5. The van der Waals surface area contributed by atoms with Crippen molar-refractivity contribution in [3.05, 3.63) is 53.9 Å². The lowest BCUT2D eigenvalue weighted by atomic mass is 10.2. The molecule has 0 aliphatic rings. The number of nitrogens with one attached hydrogen (secondary N) is 1. The van der Waals surface area contributed by atoms with Gasteiger partial charge < -0.3 is 10.2 Å². The Kier molecular flexibility index (Phi) is 3.72. The molecular weight excluding hydrogens is 246 g/mol. The van der Waals surface area contributed by atoms with Crippen LogP contribution in [0.1, 0.15) is 15.9 Å². The number of aromatic nitrogens is 1. The van der Waals surface area contributed by atoms with Crippen LogP contribution < -0.4 is 5.43 Å². The molecule has 3 N–H and O–H groups in total. The van der Waals surface area contributed by atoms with Gasteiger partial charge in [0, 0.05) is 29.6 Å². The second-order valence-corrected chi connectivity index (χ2v) is 3.68. The van der Waals surface area contributed by atoms with E-state index in [1.54, 1.807) is 12.1 Å². The largest absolute Gasteiger partial charge is 0.508 e. The van der Waals surface area contributed by atoms with Crippen LogP contribution in [0.2, 0.25) is 0 Å². The first-order valence-corrected chi connectivity index (χ1v) is 5.42. The number of nitrogens with zero attached hydrogens (tertiary/aromatic N) is 2. The summed E-state index contributed by atoms with van der Waals surface area (Å²) in [6, 6.07) is 7.19. The van der Waals surface area contributed by atoms with Crippen LogP contribution in [0, 0.1) is 0 Å². The summed E-state index contributed by atoms with van der Waals surface area (Å²) in [6.45, 7) is 0. The van der Waals surface area contributed by atoms with Crippen LogP contribution in [0.3, 0.4) is 0 Å². The second-order valence-electron chi connectivity index (χ2n) is 3.68. The third kappa shape index (κ3) is 3.29. The van der Waals surface area contributed by atoms with Crippen molar-refractivity contribution in [1.29, 1.82) is 0 Å². The molecule has 96 valence electrons. The molecular formula is C13H11N3O3. The molecule has 0 spiro atoms. The van der Waals surface area contributed by atoms with Crippen LogP contribution in [-0.4, -0.2) is 27.3 Å². The van der Waals surface area contributed by atoms with Crippen molar-refractivity contribution in [3.8, 4) is 11.5 Å². The third-order valence-electron chi connectivity index (χ3n) is 2.33. The van der Waals surface area contributed by atoms with Crippen LogP contribution in [0.15, 0.2) is 47.8 Å². The van der Waals surface area contributed by atoms with E-state index in [9.17, 15) is 9.90 Å². The quantitative estimate of drug-likeness (QED) is 0.569. The molecule has 0 saturated carbocycles. The fraction of sp³-hybridized carbons (Fsp3) is 0. The predicted octanol–water partition coefficient (Wildman–Crippen LogP) is 1.26. The van der Waals surface area contributed by atoms with E-state index >= 15 is 0 Å². The molecule has 19 heavy (non-hydrogen) atoms. The van der Waals surface area contributed by atoms with Crippen molar-refractivity contribution >= 4 is 12.1 Å². The number of carbonyl (C=O) groups excluding carboxylic acids is 1. The molecule has 6 heteroatoms. The zero-order valence-electron chi connectivity index (χ0n) is 9.82. The maximum Gasteiger partial charge on any atom is 0.271 e. The number of hydrazone groups is 1. The monoisotopic (exact) mass is 257 g/mol. The van der Waals surface area contributed by atoms with E-state index in [-0.39, 0.29) is 17.4 Å². The number of amides is 1. The molecule has 0 aliphatic heterocycles. The number of phenolic OH excluding ortho intramolecular Hbond substituents is 2. The Balaban J connectivity index is 2.02. The summed E-state index contributed by atoms with van der Waals surface area (Å²) in [7, 11) is 0. The lowest BCUT2D eigenvalue weighted by molar-refractivity contribution is 0.0955. The maximum absolute atomic E-state index is 11.6. The first kappa shape index (κ1) is 12.6. The topological polar surface area (TPSA) is 94.8 Å². The maximum atomic E-state index is 11.6. The van der Waals surface area contributed by atoms with Gasteiger partial charge in [-0.1, -0.05) is 0 Å². The fourth-order valence-corrected chi connectivity index (χ4v) is 1.37. The summed E-state index contributed by atoms with van der Waals surface area (Å²) in [5.74, 6) is -0.547. The SMILES string of the molecule is O=C(N/N=C\c1ccc(O)cc1O)c1ccncc1. The minimum absolute atomic E-state index is 0.0459.